The molecule has 1 fully saturated rings. The molecule has 0 saturated carbocycles. The number of methoxy groups -OCH3 is 2. The van der Waals surface area contributed by atoms with E-state index < -0.39 is 16.1 Å². The lowest BCUT2D eigenvalue weighted by Gasteiger charge is -2.23. The monoisotopic (exact) mass is 447 g/mol. The van der Waals surface area contributed by atoms with Crippen LogP contribution < -0.4 is 14.8 Å². The summed E-state index contributed by atoms with van der Waals surface area (Å²) < 4.78 is 38.7. The number of hydrogen-bond donors (Lipinski definition) is 1. The molecule has 1 aliphatic rings. The van der Waals surface area contributed by atoms with Crippen LogP contribution in [0.15, 0.2) is 47.4 Å². The molecule has 0 radical (unpaired) electrons. The fourth-order valence-corrected chi connectivity index (χ4v) is 6.05. The second-order valence-electron chi connectivity index (χ2n) is 6.76. The zero-order valence-electron chi connectivity index (χ0n) is 16.5. The normalized spacial score (nSPS) is 17.2. The van der Waals surface area contributed by atoms with Gasteiger partial charge in [-0.25, -0.2) is 13.4 Å². The summed E-state index contributed by atoms with van der Waals surface area (Å²) in [4.78, 5) is 17.5. The van der Waals surface area contributed by atoms with Crippen molar-refractivity contribution in [1.29, 1.82) is 0 Å². The Hall–Kier alpha value is -2.69. The molecule has 30 heavy (non-hydrogen) atoms. The van der Waals surface area contributed by atoms with Crippen LogP contribution in [0.5, 0.6) is 11.5 Å². The van der Waals surface area contributed by atoms with E-state index in [0.717, 1.165) is 4.70 Å². The van der Waals surface area contributed by atoms with E-state index in [9.17, 15) is 13.2 Å². The number of ether oxygens (including phenoxy) is 2. The molecule has 1 aromatic heterocycles. The van der Waals surface area contributed by atoms with Gasteiger partial charge in [0.15, 0.2) is 5.13 Å². The number of benzene rings is 2. The van der Waals surface area contributed by atoms with E-state index in [1.54, 1.807) is 25.3 Å². The summed E-state index contributed by atoms with van der Waals surface area (Å²) in [6, 6.07) is 10.9. The van der Waals surface area contributed by atoms with Crippen LogP contribution in [-0.2, 0) is 14.8 Å². The smallest absolute Gasteiger partial charge is 0.244 e. The average Bonchev–Trinajstić information content (AvgIpc) is 3.40. The Balaban J connectivity index is 1.56. The number of fused-ring (bicyclic) bond motifs is 1. The standard InChI is InChI=1S/C20H21N3O5S2/c1-27-13-8-10-14(11-9-13)30(25,26)23-12-4-5-15(23)19(24)22-20-21-18-16(28-2)6-3-7-17(18)29-20/h3,6-11,15H,4-5,12H2,1-2H3,(H,21,22,24). The Morgan fingerprint density at radius 2 is 1.93 bits per heavy atom. The molecule has 1 atom stereocenters. The third-order valence-corrected chi connectivity index (χ3v) is 7.86. The Morgan fingerprint density at radius 3 is 2.63 bits per heavy atom. The van der Waals surface area contributed by atoms with Gasteiger partial charge in [-0.2, -0.15) is 4.31 Å². The number of para-hydroxylation sites is 1. The maximum Gasteiger partial charge on any atom is 0.244 e. The van der Waals surface area contributed by atoms with Crippen LogP contribution in [0, 0.1) is 0 Å². The van der Waals surface area contributed by atoms with Crippen molar-refractivity contribution >= 4 is 42.6 Å². The average molecular weight is 448 g/mol. The molecular formula is C20H21N3O5S2. The summed E-state index contributed by atoms with van der Waals surface area (Å²) in [5.74, 6) is 0.798. The zero-order chi connectivity index (χ0) is 21.3. The van der Waals surface area contributed by atoms with Gasteiger partial charge < -0.3 is 14.8 Å². The van der Waals surface area contributed by atoms with Gasteiger partial charge in [-0.15, -0.1) is 0 Å². The van der Waals surface area contributed by atoms with Crippen molar-refractivity contribution in [2.24, 2.45) is 0 Å². The summed E-state index contributed by atoms with van der Waals surface area (Å²) in [6.07, 6.45) is 1.07. The Kier molecular flexibility index (Phi) is 5.63. The quantitative estimate of drug-likeness (QED) is 0.624. The lowest BCUT2D eigenvalue weighted by Crippen LogP contribution is -2.43. The van der Waals surface area contributed by atoms with Crippen molar-refractivity contribution in [1.82, 2.24) is 9.29 Å². The molecule has 0 bridgehead atoms. The van der Waals surface area contributed by atoms with Gasteiger partial charge in [0.05, 0.1) is 23.8 Å². The van der Waals surface area contributed by atoms with Crippen LogP contribution in [0.2, 0.25) is 0 Å². The minimum Gasteiger partial charge on any atom is -0.497 e. The molecule has 1 aliphatic heterocycles. The molecule has 1 amide bonds. The molecule has 8 nitrogen and oxygen atoms in total. The first-order valence-corrected chi connectivity index (χ1v) is 11.6. The first-order chi connectivity index (χ1) is 14.4. The lowest BCUT2D eigenvalue weighted by atomic mass is 10.2. The van der Waals surface area contributed by atoms with Gasteiger partial charge >= 0.3 is 0 Å². The third-order valence-electron chi connectivity index (χ3n) is 5.00. The summed E-state index contributed by atoms with van der Waals surface area (Å²) in [5, 5.41) is 3.19. The van der Waals surface area contributed by atoms with Crippen molar-refractivity contribution in [3.8, 4) is 11.5 Å². The van der Waals surface area contributed by atoms with Gasteiger partial charge in [0.1, 0.15) is 23.1 Å². The molecular weight excluding hydrogens is 426 g/mol. The minimum absolute atomic E-state index is 0.132. The Morgan fingerprint density at radius 1 is 1.17 bits per heavy atom. The molecule has 2 aromatic carbocycles. The number of amides is 1. The fraction of sp³-hybridized carbons (Fsp3) is 0.300. The summed E-state index contributed by atoms with van der Waals surface area (Å²) in [7, 11) is -0.727. The summed E-state index contributed by atoms with van der Waals surface area (Å²) in [5.41, 5.74) is 0.662. The molecule has 10 heteroatoms. The van der Waals surface area contributed by atoms with E-state index in [1.165, 1.54) is 34.9 Å². The minimum atomic E-state index is -3.81. The number of carbonyl (C=O) groups excluding carboxylic acids is 1. The predicted octanol–water partition coefficient (Wildman–Crippen LogP) is 3.11. The number of aromatic nitrogens is 1. The maximum atomic E-state index is 13.1. The number of nitrogens with one attached hydrogen (secondary N) is 1. The highest BCUT2D eigenvalue weighted by molar-refractivity contribution is 7.89. The number of nitrogens with zero attached hydrogens (tertiary/aromatic N) is 2. The van der Waals surface area contributed by atoms with E-state index in [4.69, 9.17) is 9.47 Å². The summed E-state index contributed by atoms with van der Waals surface area (Å²) >= 11 is 1.32. The van der Waals surface area contributed by atoms with Crippen molar-refractivity contribution in [3.05, 3.63) is 42.5 Å². The molecule has 3 aromatic rings. The first kappa shape index (κ1) is 20.6. The molecule has 4 rings (SSSR count). The molecule has 2 heterocycles. The molecule has 158 valence electrons. The highest BCUT2D eigenvalue weighted by Crippen LogP contribution is 2.33. The number of anilines is 1. The Labute approximate surface area is 178 Å². The van der Waals surface area contributed by atoms with Gasteiger partial charge in [-0.3, -0.25) is 4.79 Å². The van der Waals surface area contributed by atoms with Crippen molar-refractivity contribution in [3.63, 3.8) is 0 Å². The Bertz CT molecular complexity index is 1170. The van der Waals surface area contributed by atoms with Crippen molar-refractivity contribution < 1.29 is 22.7 Å². The van der Waals surface area contributed by atoms with Gasteiger partial charge in [0, 0.05) is 6.54 Å². The van der Waals surface area contributed by atoms with Gasteiger partial charge in [0.25, 0.3) is 0 Å². The van der Waals surface area contributed by atoms with Crippen LogP contribution in [0.25, 0.3) is 10.2 Å². The maximum absolute atomic E-state index is 13.1. The van der Waals surface area contributed by atoms with E-state index >= 15 is 0 Å². The van der Waals surface area contributed by atoms with Gasteiger partial charge in [-0.1, -0.05) is 17.4 Å². The van der Waals surface area contributed by atoms with Crippen LogP contribution >= 0.6 is 11.3 Å². The highest BCUT2D eigenvalue weighted by Gasteiger charge is 2.39. The number of thiazole rings is 1. The second kappa shape index (κ2) is 8.21. The van der Waals surface area contributed by atoms with E-state index in [2.05, 4.69) is 10.3 Å². The van der Waals surface area contributed by atoms with Crippen molar-refractivity contribution in [2.75, 3.05) is 26.1 Å². The first-order valence-electron chi connectivity index (χ1n) is 9.34. The van der Waals surface area contributed by atoms with Crippen LogP contribution in [0.1, 0.15) is 12.8 Å². The lowest BCUT2D eigenvalue weighted by molar-refractivity contribution is -0.119. The van der Waals surface area contributed by atoms with Gasteiger partial charge in [0.2, 0.25) is 15.9 Å². The number of rotatable bonds is 6. The predicted molar refractivity (Wildman–Crippen MR) is 115 cm³/mol. The van der Waals surface area contributed by atoms with Crippen molar-refractivity contribution in [2.45, 2.75) is 23.8 Å². The summed E-state index contributed by atoms with van der Waals surface area (Å²) in [6.45, 7) is 0.292. The molecule has 1 unspecified atom stereocenters. The molecule has 0 aliphatic carbocycles. The van der Waals surface area contributed by atoms with E-state index in [1.807, 2.05) is 12.1 Å². The number of sulfonamides is 1. The molecule has 1 N–H and O–H groups in total. The van der Waals surface area contributed by atoms with Crippen LogP contribution in [-0.4, -0.2) is 50.4 Å². The highest BCUT2D eigenvalue weighted by atomic mass is 32.2. The van der Waals surface area contributed by atoms with Crippen LogP contribution in [0.3, 0.4) is 0 Å². The SMILES string of the molecule is COc1ccc(S(=O)(=O)N2CCCC2C(=O)Nc2nc3c(OC)cccc3s2)cc1. The topological polar surface area (TPSA) is 97.8 Å². The fourth-order valence-electron chi connectivity index (χ4n) is 3.50. The molecule has 0 spiro atoms. The third kappa shape index (κ3) is 3.73. The number of carbonyl (C=O) groups is 1. The van der Waals surface area contributed by atoms with Gasteiger partial charge in [-0.05, 0) is 49.2 Å². The molecule has 1 saturated heterocycles. The van der Waals surface area contributed by atoms with Crippen LogP contribution in [0.4, 0.5) is 5.13 Å². The van der Waals surface area contributed by atoms with E-state index in [0.29, 0.717) is 41.5 Å². The van der Waals surface area contributed by atoms with E-state index in [-0.39, 0.29) is 10.8 Å². The second-order valence-corrected chi connectivity index (χ2v) is 9.69. The largest absolute Gasteiger partial charge is 0.497 e. The number of hydrogen-bond acceptors (Lipinski definition) is 7. The zero-order valence-corrected chi connectivity index (χ0v) is 18.1.